The third-order valence-electron chi connectivity index (χ3n) is 3.66. The van der Waals surface area contributed by atoms with Crippen molar-refractivity contribution in [3.63, 3.8) is 0 Å². The fourth-order valence-electron chi connectivity index (χ4n) is 2.40. The SMILES string of the molecule is NCc1ccc(NC(=O)c2ccc(C3=CCNCC3)o2)cc1. The van der Waals surface area contributed by atoms with Crippen molar-refractivity contribution in [2.75, 3.05) is 18.4 Å². The topological polar surface area (TPSA) is 80.3 Å². The molecule has 0 aliphatic carbocycles. The van der Waals surface area contributed by atoms with Gasteiger partial charge in [-0.3, -0.25) is 4.79 Å². The summed E-state index contributed by atoms with van der Waals surface area (Å²) in [4.78, 5) is 12.2. The zero-order chi connectivity index (χ0) is 15.4. The monoisotopic (exact) mass is 297 g/mol. The van der Waals surface area contributed by atoms with E-state index in [1.807, 2.05) is 30.3 Å². The molecule has 0 saturated heterocycles. The summed E-state index contributed by atoms with van der Waals surface area (Å²) in [5.41, 5.74) is 8.44. The first-order valence-corrected chi connectivity index (χ1v) is 7.36. The number of rotatable bonds is 4. The van der Waals surface area contributed by atoms with Crippen LogP contribution in [0.25, 0.3) is 5.57 Å². The average Bonchev–Trinajstić information content (AvgIpc) is 3.06. The van der Waals surface area contributed by atoms with E-state index >= 15 is 0 Å². The number of amides is 1. The number of carbonyl (C=O) groups excluding carboxylic acids is 1. The number of carbonyl (C=O) groups is 1. The summed E-state index contributed by atoms with van der Waals surface area (Å²) in [6, 6.07) is 11.0. The van der Waals surface area contributed by atoms with Crippen molar-refractivity contribution < 1.29 is 9.21 Å². The highest BCUT2D eigenvalue weighted by atomic mass is 16.3. The molecule has 1 aliphatic rings. The van der Waals surface area contributed by atoms with Crippen LogP contribution in [0.4, 0.5) is 5.69 Å². The first kappa shape index (κ1) is 14.6. The van der Waals surface area contributed by atoms with Crippen molar-refractivity contribution in [3.05, 3.63) is 59.6 Å². The summed E-state index contributed by atoms with van der Waals surface area (Å²) in [6.07, 6.45) is 3.00. The van der Waals surface area contributed by atoms with Crippen LogP contribution in [-0.2, 0) is 6.54 Å². The van der Waals surface area contributed by atoms with Crippen LogP contribution < -0.4 is 16.4 Å². The van der Waals surface area contributed by atoms with Gasteiger partial charge in [-0.1, -0.05) is 18.2 Å². The molecule has 5 nitrogen and oxygen atoms in total. The van der Waals surface area contributed by atoms with Gasteiger partial charge in [-0.2, -0.15) is 0 Å². The van der Waals surface area contributed by atoms with Crippen LogP contribution in [-0.4, -0.2) is 19.0 Å². The lowest BCUT2D eigenvalue weighted by Crippen LogP contribution is -2.19. The van der Waals surface area contributed by atoms with Crippen LogP contribution in [0.15, 0.2) is 46.9 Å². The molecule has 114 valence electrons. The third kappa shape index (κ3) is 3.27. The van der Waals surface area contributed by atoms with Crippen molar-refractivity contribution in [2.45, 2.75) is 13.0 Å². The molecular formula is C17H19N3O2. The Hall–Kier alpha value is -2.37. The fourth-order valence-corrected chi connectivity index (χ4v) is 2.40. The van der Waals surface area contributed by atoms with Crippen LogP contribution in [0.3, 0.4) is 0 Å². The summed E-state index contributed by atoms with van der Waals surface area (Å²) in [7, 11) is 0. The van der Waals surface area contributed by atoms with Crippen molar-refractivity contribution in [1.82, 2.24) is 5.32 Å². The summed E-state index contributed by atoms with van der Waals surface area (Å²) in [5, 5.41) is 6.07. The Balaban J connectivity index is 1.69. The number of hydrogen-bond acceptors (Lipinski definition) is 4. The maximum absolute atomic E-state index is 12.2. The lowest BCUT2D eigenvalue weighted by atomic mass is 10.1. The predicted molar refractivity (Wildman–Crippen MR) is 86.5 cm³/mol. The second-order valence-corrected chi connectivity index (χ2v) is 5.20. The lowest BCUT2D eigenvalue weighted by molar-refractivity contribution is 0.0996. The van der Waals surface area contributed by atoms with Gasteiger partial charge in [0.1, 0.15) is 5.76 Å². The van der Waals surface area contributed by atoms with Gasteiger partial charge < -0.3 is 20.8 Å². The number of nitrogens with one attached hydrogen (secondary N) is 2. The van der Waals surface area contributed by atoms with E-state index in [1.165, 1.54) is 0 Å². The van der Waals surface area contributed by atoms with Crippen molar-refractivity contribution >= 4 is 17.2 Å². The summed E-state index contributed by atoms with van der Waals surface area (Å²) in [6.45, 7) is 2.26. The van der Waals surface area contributed by atoms with Gasteiger partial charge in [0, 0.05) is 18.8 Å². The molecule has 1 aromatic carbocycles. The molecule has 0 atom stereocenters. The van der Waals surface area contributed by atoms with Gasteiger partial charge in [0.15, 0.2) is 5.76 Å². The Morgan fingerprint density at radius 3 is 2.73 bits per heavy atom. The van der Waals surface area contributed by atoms with Crippen LogP contribution in [0, 0.1) is 0 Å². The molecule has 0 spiro atoms. The van der Waals surface area contributed by atoms with Gasteiger partial charge in [0.25, 0.3) is 5.91 Å². The standard InChI is InChI=1S/C17H19N3O2/c18-11-12-1-3-14(4-2-12)20-17(21)16-6-5-15(22-16)13-7-9-19-10-8-13/h1-7,19H,8-11,18H2,(H,20,21). The van der Waals surface area contributed by atoms with E-state index < -0.39 is 0 Å². The minimum Gasteiger partial charge on any atom is -0.451 e. The highest BCUT2D eigenvalue weighted by Gasteiger charge is 2.14. The highest BCUT2D eigenvalue weighted by Crippen LogP contribution is 2.22. The van der Waals surface area contributed by atoms with Crippen LogP contribution in [0.2, 0.25) is 0 Å². The van der Waals surface area contributed by atoms with Crippen molar-refractivity contribution in [2.24, 2.45) is 5.73 Å². The number of furan rings is 1. The molecule has 1 aromatic heterocycles. The molecule has 2 aromatic rings. The van der Waals surface area contributed by atoms with Crippen LogP contribution in [0.5, 0.6) is 0 Å². The van der Waals surface area contributed by atoms with Crippen LogP contribution in [0.1, 0.15) is 28.3 Å². The Morgan fingerprint density at radius 2 is 2.05 bits per heavy atom. The Labute approximate surface area is 129 Å². The first-order chi connectivity index (χ1) is 10.8. The fraction of sp³-hybridized carbons (Fsp3) is 0.235. The normalized spacial score (nSPS) is 14.5. The van der Waals surface area contributed by atoms with E-state index in [2.05, 4.69) is 16.7 Å². The third-order valence-corrected chi connectivity index (χ3v) is 3.66. The van der Waals surface area contributed by atoms with Gasteiger partial charge in [0.2, 0.25) is 0 Å². The molecule has 0 unspecified atom stereocenters. The number of anilines is 1. The molecule has 1 amide bonds. The van der Waals surface area contributed by atoms with E-state index in [9.17, 15) is 4.79 Å². The van der Waals surface area contributed by atoms with E-state index in [0.717, 1.165) is 42.1 Å². The molecule has 0 bridgehead atoms. The number of nitrogens with two attached hydrogens (primary N) is 1. The quantitative estimate of drug-likeness (QED) is 0.809. The Kier molecular flexibility index (Phi) is 4.37. The van der Waals surface area contributed by atoms with Gasteiger partial charge in [-0.05, 0) is 48.4 Å². The second-order valence-electron chi connectivity index (χ2n) is 5.20. The Morgan fingerprint density at radius 1 is 1.23 bits per heavy atom. The second kappa shape index (κ2) is 6.60. The zero-order valence-corrected chi connectivity index (χ0v) is 12.3. The van der Waals surface area contributed by atoms with Gasteiger partial charge in [-0.15, -0.1) is 0 Å². The largest absolute Gasteiger partial charge is 0.451 e. The van der Waals surface area contributed by atoms with Crippen molar-refractivity contribution in [1.29, 1.82) is 0 Å². The average molecular weight is 297 g/mol. The zero-order valence-electron chi connectivity index (χ0n) is 12.3. The molecular weight excluding hydrogens is 278 g/mol. The van der Waals surface area contributed by atoms with E-state index in [4.69, 9.17) is 10.2 Å². The molecule has 22 heavy (non-hydrogen) atoms. The molecule has 5 heteroatoms. The molecule has 1 aliphatic heterocycles. The minimum absolute atomic E-state index is 0.249. The lowest BCUT2D eigenvalue weighted by Gasteiger charge is -2.11. The Bertz CT molecular complexity index is 686. The summed E-state index contributed by atoms with van der Waals surface area (Å²) >= 11 is 0. The molecule has 0 saturated carbocycles. The minimum atomic E-state index is -0.249. The van der Waals surface area contributed by atoms with Crippen molar-refractivity contribution in [3.8, 4) is 0 Å². The molecule has 0 radical (unpaired) electrons. The predicted octanol–water partition coefficient (Wildman–Crippen LogP) is 2.37. The van der Waals surface area contributed by atoms with E-state index in [1.54, 1.807) is 6.07 Å². The maximum Gasteiger partial charge on any atom is 0.291 e. The summed E-state index contributed by atoms with van der Waals surface area (Å²) in [5.74, 6) is 0.837. The summed E-state index contributed by atoms with van der Waals surface area (Å²) < 4.78 is 5.67. The van der Waals surface area contributed by atoms with Crippen LogP contribution >= 0.6 is 0 Å². The van der Waals surface area contributed by atoms with Gasteiger partial charge in [0.05, 0.1) is 0 Å². The van der Waals surface area contributed by atoms with E-state index in [0.29, 0.717) is 12.3 Å². The number of benzene rings is 1. The highest BCUT2D eigenvalue weighted by molar-refractivity contribution is 6.02. The molecule has 3 rings (SSSR count). The van der Waals surface area contributed by atoms with Gasteiger partial charge >= 0.3 is 0 Å². The number of hydrogen-bond donors (Lipinski definition) is 3. The molecule has 2 heterocycles. The first-order valence-electron chi connectivity index (χ1n) is 7.36. The molecule has 4 N–H and O–H groups in total. The van der Waals surface area contributed by atoms with E-state index in [-0.39, 0.29) is 5.91 Å². The molecule has 0 fully saturated rings. The van der Waals surface area contributed by atoms with Gasteiger partial charge in [-0.25, -0.2) is 0 Å². The smallest absolute Gasteiger partial charge is 0.291 e. The maximum atomic E-state index is 12.2.